The van der Waals surface area contributed by atoms with Crippen LogP contribution in [-0.4, -0.2) is 37.8 Å². The highest BCUT2D eigenvalue weighted by atomic mass is 32.1. The summed E-state index contributed by atoms with van der Waals surface area (Å²) in [5.41, 5.74) is 1.09. The third-order valence-corrected chi connectivity index (χ3v) is 5.12. The van der Waals surface area contributed by atoms with Crippen LogP contribution in [0.1, 0.15) is 16.2 Å². The lowest BCUT2D eigenvalue weighted by Crippen LogP contribution is -2.13. The molecular weight excluding hydrogens is 396 g/mol. The third-order valence-electron chi connectivity index (χ3n) is 4.19. The molecule has 0 bridgehead atoms. The maximum atomic E-state index is 12.7. The molecular formula is C18H14N6O4S. The van der Waals surface area contributed by atoms with Crippen molar-refractivity contribution in [3.05, 3.63) is 64.0 Å². The molecule has 4 rings (SSSR count). The number of aryl methyl sites for hydroxylation is 1. The van der Waals surface area contributed by atoms with Gasteiger partial charge in [0.05, 0.1) is 17.7 Å². The van der Waals surface area contributed by atoms with E-state index in [2.05, 4.69) is 20.6 Å². The van der Waals surface area contributed by atoms with Crippen LogP contribution in [0.5, 0.6) is 5.75 Å². The van der Waals surface area contributed by atoms with Gasteiger partial charge < -0.3 is 10.1 Å². The highest BCUT2D eigenvalue weighted by Crippen LogP contribution is 2.32. The molecule has 0 radical (unpaired) electrons. The molecule has 1 amide bonds. The first-order valence-corrected chi connectivity index (χ1v) is 9.21. The maximum absolute atomic E-state index is 12.7. The minimum atomic E-state index is -0.592. The Morgan fingerprint density at radius 1 is 1.24 bits per heavy atom. The Morgan fingerprint density at radius 3 is 2.76 bits per heavy atom. The Hall–Kier alpha value is -3.86. The van der Waals surface area contributed by atoms with Crippen molar-refractivity contribution in [1.82, 2.24) is 19.8 Å². The SMILES string of the molecule is COc1ccc(C(=O)Nc2ccccc2-c2nn3c(C)nnc3s2)cc1[N+](=O)[O-]. The maximum Gasteiger partial charge on any atom is 0.311 e. The van der Waals surface area contributed by atoms with Gasteiger partial charge in [0, 0.05) is 17.2 Å². The van der Waals surface area contributed by atoms with Crippen LogP contribution in [0.4, 0.5) is 11.4 Å². The molecule has 10 nitrogen and oxygen atoms in total. The van der Waals surface area contributed by atoms with E-state index in [4.69, 9.17) is 4.74 Å². The van der Waals surface area contributed by atoms with E-state index in [0.29, 0.717) is 27.0 Å². The van der Waals surface area contributed by atoms with Crippen LogP contribution in [0.2, 0.25) is 0 Å². The van der Waals surface area contributed by atoms with Gasteiger partial charge in [-0.1, -0.05) is 23.5 Å². The van der Waals surface area contributed by atoms with Gasteiger partial charge in [0.1, 0.15) is 5.01 Å². The Kier molecular flexibility index (Phi) is 4.64. The lowest BCUT2D eigenvalue weighted by molar-refractivity contribution is -0.385. The van der Waals surface area contributed by atoms with E-state index in [1.54, 1.807) is 23.6 Å². The molecule has 0 atom stereocenters. The highest BCUT2D eigenvalue weighted by molar-refractivity contribution is 7.19. The van der Waals surface area contributed by atoms with Crippen molar-refractivity contribution in [2.45, 2.75) is 6.92 Å². The zero-order valence-electron chi connectivity index (χ0n) is 15.3. The zero-order valence-corrected chi connectivity index (χ0v) is 16.1. The smallest absolute Gasteiger partial charge is 0.311 e. The predicted molar refractivity (Wildman–Crippen MR) is 106 cm³/mol. The minimum Gasteiger partial charge on any atom is -0.490 e. The number of fused-ring (bicyclic) bond motifs is 1. The molecule has 1 N–H and O–H groups in total. The van der Waals surface area contributed by atoms with Crippen LogP contribution in [0.25, 0.3) is 15.5 Å². The van der Waals surface area contributed by atoms with Gasteiger partial charge in [0.15, 0.2) is 11.6 Å². The molecule has 0 aliphatic rings. The Labute approximate surface area is 167 Å². The van der Waals surface area contributed by atoms with Crippen molar-refractivity contribution in [2.24, 2.45) is 0 Å². The van der Waals surface area contributed by atoms with Gasteiger partial charge in [0.25, 0.3) is 5.91 Å². The fourth-order valence-corrected chi connectivity index (χ4v) is 3.70. The Bertz CT molecular complexity index is 1250. The first-order chi connectivity index (χ1) is 14.0. The number of rotatable bonds is 5. The van der Waals surface area contributed by atoms with Crippen molar-refractivity contribution >= 4 is 33.6 Å². The second-order valence-corrected chi connectivity index (χ2v) is 6.95. The normalized spacial score (nSPS) is 10.8. The van der Waals surface area contributed by atoms with Gasteiger partial charge in [-0.05, 0) is 31.2 Å². The molecule has 0 fully saturated rings. The third kappa shape index (κ3) is 3.38. The van der Waals surface area contributed by atoms with Crippen molar-refractivity contribution in [1.29, 1.82) is 0 Å². The van der Waals surface area contributed by atoms with Crippen LogP contribution in [0.3, 0.4) is 0 Å². The van der Waals surface area contributed by atoms with E-state index >= 15 is 0 Å². The molecule has 29 heavy (non-hydrogen) atoms. The summed E-state index contributed by atoms with van der Waals surface area (Å²) >= 11 is 1.34. The summed E-state index contributed by atoms with van der Waals surface area (Å²) in [6.45, 7) is 1.80. The van der Waals surface area contributed by atoms with Gasteiger partial charge in [-0.15, -0.1) is 10.2 Å². The quantitative estimate of drug-likeness (QED) is 0.395. The number of hydrogen-bond acceptors (Lipinski definition) is 8. The van der Waals surface area contributed by atoms with Crippen LogP contribution in [-0.2, 0) is 0 Å². The average Bonchev–Trinajstić information content (AvgIpc) is 3.29. The van der Waals surface area contributed by atoms with Gasteiger partial charge in [-0.25, -0.2) is 0 Å². The van der Waals surface area contributed by atoms with Crippen LogP contribution >= 0.6 is 11.3 Å². The second kappa shape index (κ2) is 7.28. The number of nitrogens with zero attached hydrogens (tertiary/aromatic N) is 5. The molecule has 0 unspecified atom stereocenters. The molecule has 146 valence electrons. The molecule has 2 aromatic carbocycles. The highest BCUT2D eigenvalue weighted by Gasteiger charge is 2.20. The number of ether oxygens (including phenoxy) is 1. The number of hydrogen-bond donors (Lipinski definition) is 1. The molecule has 4 aromatic rings. The van der Waals surface area contributed by atoms with Crippen LogP contribution in [0, 0.1) is 17.0 Å². The van der Waals surface area contributed by atoms with Crippen LogP contribution < -0.4 is 10.1 Å². The molecule has 11 heteroatoms. The number of anilines is 1. The van der Waals surface area contributed by atoms with Crippen molar-refractivity contribution in [3.8, 4) is 16.3 Å². The second-order valence-electron chi connectivity index (χ2n) is 5.99. The van der Waals surface area contributed by atoms with E-state index in [1.165, 1.54) is 36.6 Å². The molecule has 0 spiro atoms. The zero-order chi connectivity index (χ0) is 20.5. The lowest BCUT2D eigenvalue weighted by Gasteiger charge is -2.10. The van der Waals surface area contributed by atoms with Gasteiger partial charge in [-0.2, -0.15) is 9.61 Å². The summed E-state index contributed by atoms with van der Waals surface area (Å²) in [5.74, 6) is 0.263. The summed E-state index contributed by atoms with van der Waals surface area (Å²) in [7, 11) is 1.33. The number of para-hydroxylation sites is 1. The van der Waals surface area contributed by atoms with Crippen molar-refractivity contribution < 1.29 is 14.5 Å². The van der Waals surface area contributed by atoms with E-state index < -0.39 is 10.8 Å². The predicted octanol–water partition coefficient (Wildman–Crippen LogP) is 3.33. The standard InChI is InChI=1S/C18H14N6O4S/c1-10-20-21-18-23(10)22-17(29-18)12-5-3-4-6-13(12)19-16(25)11-7-8-15(28-2)14(9-11)24(26)27/h3-9H,1-2H3,(H,19,25). The Balaban J connectivity index is 1.67. The summed E-state index contributed by atoms with van der Waals surface area (Å²) in [6, 6.07) is 11.2. The monoisotopic (exact) mass is 410 g/mol. The molecule has 0 aliphatic carbocycles. The van der Waals surface area contributed by atoms with E-state index in [9.17, 15) is 14.9 Å². The molecule has 0 saturated heterocycles. The van der Waals surface area contributed by atoms with Crippen LogP contribution in [0.15, 0.2) is 42.5 Å². The molecule has 2 heterocycles. The number of nitrogens with one attached hydrogen (secondary N) is 1. The van der Waals surface area contributed by atoms with Gasteiger partial charge >= 0.3 is 5.69 Å². The lowest BCUT2D eigenvalue weighted by atomic mass is 10.1. The number of nitro groups is 1. The number of amides is 1. The van der Waals surface area contributed by atoms with E-state index in [0.717, 1.165) is 0 Å². The van der Waals surface area contributed by atoms with Crippen molar-refractivity contribution in [2.75, 3.05) is 12.4 Å². The van der Waals surface area contributed by atoms with E-state index in [-0.39, 0.29) is 17.0 Å². The minimum absolute atomic E-state index is 0.0852. The summed E-state index contributed by atoms with van der Waals surface area (Å²) < 4.78 is 6.60. The largest absolute Gasteiger partial charge is 0.490 e. The Morgan fingerprint density at radius 2 is 2.03 bits per heavy atom. The number of carbonyl (C=O) groups is 1. The first-order valence-electron chi connectivity index (χ1n) is 8.40. The molecule has 0 saturated carbocycles. The first kappa shape index (κ1) is 18.5. The number of aromatic nitrogens is 4. The number of carbonyl (C=O) groups excluding carboxylic acids is 1. The van der Waals surface area contributed by atoms with Crippen molar-refractivity contribution in [3.63, 3.8) is 0 Å². The number of nitro benzene ring substituents is 1. The summed E-state index contributed by atoms with van der Waals surface area (Å²) in [4.78, 5) is 24.0. The molecule has 0 aliphatic heterocycles. The number of methoxy groups -OCH3 is 1. The van der Waals surface area contributed by atoms with Gasteiger partial charge in [-0.3, -0.25) is 14.9 Å². The summed E-state index contributed by atoms with van der Waals surface area (Å²) in [6.07, 6.45) is 0. The summed E-state index contributed by atoms with van der Waals surface area (Å²) in [5, 5.41) is 27.2. The average molecular weight is 410 g/mol. The fraction of sp³-hybridized carbons (Fsp3) is 0.111. The number of benzene rings is 2. The topological polar surface area (TPSA) is 125 Å². The van der Waals surface area contributed by atoms with E-state index in [1.807, 2.05) is 12.1 Å². The molecule has 2 aromatic heterocycles. The van der Waals surface area contributed by atoms with Gasteiger partial charge in [0.2, 0.25) is 4.96 Å². The fourth-order valence-electron chi connectivity index (χ4n) is 2.77.